The SMILES string of the molecule is Cc1nc(CSc2ccccc2C(=O)NCCNC(=O)Cc2ccc(F)cc2)no1. The number of aromatic nitrogens is 2. The van der Waals surface area contributed by atoms with Crippen LogP contribution in [0, 0.1) is 12.7 Å². The largest absolute Gasteiger partial charge is 0.354 e. The Morgan fingerprint density at radius 2 is 1.80 bits per heavy atom. The van der Waals surface area contributed by atoms with Gasteiger partial charge in [0.2, 0.25) is 11.8 Å². The lowest BCUT2D eigenvalue weighted by Gasteiger charge is -2.10. The Morgan fingerprint density at radius 1 is 1.07 bits per heavy atom. The maximum absolute atomic E-state index is 12.9. The average Bonchev–Trinajstić information content (AvgIpc) is 3.16. The molecule has 0 fully saturated rings. The molecule has 0 spiro atoms. The van der Waals surface area contributed by atoms with Crippen molar-refractivity contribution >= 4 is 23.6 Å². The molecule has 0 atom stereocenters. The zero-order valence-corrected chi connectivity index (χ0v) is 17.2. The van der Waals surface area contributed by atoms with Crippen LogP contribution in [-0.4, -0.2) is 35.0 Å². The Labute approximate surface area is 177 Å². The van der Waals surface area contributed by atoms with Crippen LogP contribution in [0.4, 0.5) is 4.39 Å². The van der Waals surface area contributed by atoms with Gasteiger partial charge in [0.15, 0.2) is 5.82 Å². The average molecular weight is 428 g/mol. The molecule has 9 heteroatoms. The van der Waals surface area contributed by atoms with Crippen LogP contribution in [0.15, 0.2) is 57.9 Å². The van der Waals surface area contributed by atoms with Gasteiger partial charge in [0, 0.05) is 24.9 Å². The summed E-state index contributed by atoms with van der Waals surface area (Å²) in [7, 11) is 0. The minimum atomic E-state index is -0.340. The maximum atomic E-state index is 12.9. The standard InChI is InChI=1S/C21H21FN4O3S/c1-14-25-19(26-29-14)13-30-18-5-3-2-4-17(18)21(28)24-11-10-23-20(27)12-15-6-8-16(22)9-7-15/h2-9H,10-13H2,1H3,(H,23,27)(H,24,28). The molecule has 3 rings (SSSR count). The minimum Gasteiger partial charge on any atom is -0.354 e. The number of rotatable bonds is 9. The third-order valence-corrected chi connectivity index (χ3v) is 5.14. The molecule has 0 saturated carbocycles. The third kappa shape index (κ3) is 6.41. The van der Waals surface area contributed by atoms with Crippen molar-refractivity contribution < 1.29 is 18.5 Å². The number of amides is 2. The predicted octanol–water partition coefficient (Wildman–Crippen LogP) is 2.90. The number of benzene rings is 2. The minimum absolute atomic E-state index is 0.156. The van der Waals surface area contributed by atoms with E-state index < -0.39 is 0 Å². The highest BCUT2D eigenvalue weighted by atomic mass is 32.2. The van der Waals surface area contributed by atoms with E-state index >= 15 is 0 Å². The second kappa shape index (κ2) is 10.5. The van der Waals surface area contributed by atoms with E-state index in [4.69, 9.17) is 4.52 Å². The monoisotopic (exact) mass is 428 g/mol. The van der Waals surface area contributed by atoms with Crippen LogP contribution in [0.3, 0.4) is 0 Å². The van der Waals surface area contributed by atoms with E-state index in [1.807, 2.05) is 12.1 Å². The van der Waals surface area contributed by atoms with Gasteiger partial charge in [-0.25, -0.2) is 4.39 Å². The molecule has 2 N–H and O–H groups in total. The quantitative estimate of drug-likeness (QED) is 0.402. The molecule has 2 aromatic carbocycles. The van der Waals surface area contributed by atoms with E-state index in [1.54, 1.807) is 31.2 Å². The predicted molar refractivity (Wildman–Crippen MR) is 110 cm³/mol. The number of hydrogen-bond donors (Lipinski definition) is 2. The smallest absolute Gasteiger partial charge is 0.252 e. The fourth-order valence-electron chi connectivity index (χ4n) is 2.65. The van der Waals surface area contributed by atoms with Gasteiger partial charge in [-0.05, 0) is 29.8 Å². The summed E-state index contributed by atoms with van der Waals surface area (Å²) < 4.78 is 17.9. The maximum Gasteiger partial charge on any atom is 0.252 e. The molecule has 7 nitrogen and oxygen atoms in total. The van der Waals surface area contributed by atoms with Gasteiger partial charge in [0.05, 0.1) is 17.7 Å². The van der Waals surface area contributed by atoms with E-state index in [0.29, 0.717) is 29.6 Å². The van der Waals surface area contributed by atoms with Gasteiger partial charge in [0.25, 0.3) is 5.91 Å². The summed E-state index contributed by atoms with van der Waals surface area (Å²) in [4.78, 5) is 29.4. The van der Waals surface area contributed by atoms with Gasteiger partial charge in [0.1, 0.15) is 5.82 Å². The lowest BCUT2D eigenvalue weighted by Crippen LogP contribution is -2.35. The molecule has 0 bridgehead atoms. The Hall–Kier alpha value is -3.20. The van der Waals surface area contributed by atoms with Crippen LogP contribution in [0.2, 0.25) is 0 Å². The van der Waals surface area contributed by atoms with Crippen LogP contribution in [0.5, 0.6) is 0 Å². The summed E-state index contributed by atoms with van der Waals surface area (Å²) in [6.45, 7) is 2.31. The van der Waals surface area contributed by atoms with Crippen LogP contribution >= 0.6 is 11.8 Å². The van der Waals surface area contributed by atoms with Gasteiger partial charge in [-0.1, -0.05) is 29.4 Å². The molecule has 2 amide bonds. The second-order valence-electron chi connectivity index (χ2n) is 6.42. The summed E-state index contributed by atoms with van der Waals surface area (Å²) in [6.07, 6.45) is 0.156. The fourth-order valence-corrected chi connectivity index (χ4v) is 3.54. The van der Waals surface area contributed by atoms with Crippen LogP contribution in [-0.2, 0) is 17.0 Å². The molecule has 30 heavy (non-hydrogen) atoms. The number of nitrogens with zero attached hydrogens (tertiary/aromatic N) is 2. The summed E-state index contributed by atoms with van der Waals surface area (Å²) in [6, 6.07) is 13.0. The number of carbonyl (C=O) groups excluding carboxylic acids is 2. The number of aryl methyl sites for hydroxylation is 1. The van der Waals surface area contributed by atoms with Gasteiger partial charge in [-0.2, -0.15) is 4.98 Å². The number of nitrogens with one attached hydrogen (secondary N) is 2. The fraction of sp³-hybridized carbons (Fsp3) is 0.238. The molecule has 0 unspecified atom stereocenters. The molecular formula is C21H21FN4O3S. The molecule has 0 radical (unpaired) electrons. The second-order valence-corrected chi connectivity index (χ2v) is 7.44. The highest BCUT2D eigenvalue weighted by Crippen LogP contribution is 2.25. The van der Waals surface area contributed by atoms with Crippen molar-refractivity contribution in [1.29, 1.82) is 0 Å². The van der Waals surface area contributed by atoms with E-state index in [0.717, 1.165) is 10.5 Å². The van der Waals surface area contributed by atoms with Crippen molar-refractivity contribution in [3.05, 3.63) is 77.2 Å². The first-order chi connectivity index (χ1) is 14.5. The van der Waals surface area contributed by atoms with Gasteiger partial charge in [-0.15, -0.1) is 11.8 Å². The Bertz CT molecular complexity index is 1010. The molecule has 0 aliphatic rings. The Balaban J connectivity index is 1.44. The normalized spacial score (nSPS) is 10.6. The summed E-state index contributed by atoms with van der Waals surface area (Å²) >= 11 is 1.45. The van der Waals surface area contributed by atoms with E-state index in [2.05, 4.69) is 20.8 Å². The lowest BCUT2D eigenvalue weighted by atomic mass is 10.1. The van der Waals surface area contributed by atoms with Gasteiger partial charge in [-0.3, -0.25) is 9.59 Å². The highest BCUT2D eigenvalue weighted by Gasteiger charge is 2.12. The van der Waals surface area contributed by atoms with Crippen molar-refractivity contribution in [3.63, 3.8) is 0 Å². The van der Waals surface area contributed by atoms with E-state index in [1.165, 1.54) is 23.9 Å². The molecule has 1 heterocycles. The van der Waals surface area contributed by atoms with Crippen molar-refractivity contribution in [2.45, 2.75) is 24.0 Å². The first kappa shape index (κ1) is 21.5. The molecule has 1 aromatic heterocycles. The van der Waals surface area contributed by atoms with Crippen molar-refractivity contribution in [3.8, 4) is 0 Å². The topological polar surface area (TPSA) is 97.1 Å². The molecule has 0 aliphatic carbocycles. The molecule has 3 aromatic rings. The third-order valence-electron chi connectivity index (χ3n) is 4.07. The summed E-state index contributed by atoms with van der Waals surface area (Å²) in [5.74, 6) is 0.793. The summed E-state index contributed by atoms with van der Waals surface area (Å²) in [5, 5.41) is 9.39. The van der Waals surface area contributed by atoms with Crippen molar-refractivity contribution in [1.82, 2.24) is 20.8 Å². The van der Waals surface area contributed by atoms with E-state index in [-0.39, 0.29) is 30.6 Å². The molecular weight excluding hydrogens is 407 g/mol. The number of thioether (sulfide) groups is 1. The Morgan fingerprint density at radius 3 is 2.53 bits per heavy atom. The van der Waals surface area contributed by atoms with Crippen molar-refractivity contribution in [2.24, 2.45) is 0 Å². The lowest BCUT2D eigenvalue weighted by molar-refractivity contribution is -0.120. The number of hydrogen-bond acceptors (Lipinski definition) is 6. The summed E-state index contributed by atoms with van der Waals surface area (Å²) in [5.41, 5.74) is 1.26. The first-order valence-electron chi connectivity index (χ1n) is 9.31. The first-order valence-corrected chi connectivity index (χ1v) is 10.3. The van der Waals surface area contributed by atoms with Crippen molar-refractivity contribution in [2.75, 3.05) is 13.1 Å². The van der Waals surface area contributed by atoms with Crippen LogP contribution in [0.25, 0.3) is 0 Å². The number of carbonyl (C=O) groups is 2. The Kier molecular flexibility index (Phi) is 7.56. The van der Waals surface area contributed by atoms with Crippen LogP contribution in [0.1, 0.15) is 27.6 Å². The zero-order valence-electron chi connectivity index (χ0n) is 16.4. The van der Waals surface area contributed by atoms with Gasteiger partial charge < -0.3 is 15.2 Å². The number of halogens is 1. The molecule has 0 saturated heterocycles. The highest BCUT2D eigenvalue weighted by molar-refractivity contribution is 7.98. The van der Waals surface area contributed by atoms with Crippen LogP contribution < -0.4 is 10.6 Å². The van der Waals surface area contributed by atoms with E-state index in [9.17, 15) is 14.0 Å². The van der Waals surface area contributed by atoms with Gasteiger partial charge >= 0.3 is 0 Å². The molecule has 0 aliphatic heterocycles. The zero-order chi connectivity index (χ0) is 21.3. The molecule has 156 valence electrons.